The molecule has 0 aliphatic heterocycles. The molecule has 0 radical (unpaired) electrons. The number of nitrogens with zero attached hydrogens (tertiary/aromatic N) is 1. The maximum absolute atomic E-state index is 12.0. The van der Waals surface area contributed by atoms with Crippen LogP contribution in [0.25, 0.3) is 10.6 Å². The van der Waals surface area contributed by atoms with E-state index < -0.39 is 0 Å². The molecule has 3 nitrogen and oxygen atoms in total. The third kappa shape index (κ3) is 3.74. The lowest BCUT2D eigenvalue weighted by Crippen LogP contribution is -2.32. The number of carbonyl (C=O) groups is 1. The smallest absolute Gasteiger partial charge is 0.220 e. The second kappa shape index (κ2) is 7.05. The fourth-order valence-corrected chi connectivity index (χ4v) is 3.91. The number of aromatic nitrogens is 1. The largest absolute Gasteiger partial charge is 0.353 e. The highest BCUT2D eigenvalue weighted by Crippen LogP contribution is 2.27. The van der Waals surface area contributed by atoms with Crippen LogP contribution < -0.4 is 5.32 Å². The van der Waals surface area contributed by atoms with Gasteiger partial charge in [0.05, 0.1) is 5.69 Å². The molecule has 0 spiro atoms. The average molecular weight is 314 g/mol. The molecule has 116 valence electrons. The van der Waals surface area contributed by atoms with Gasteiger partial charge in [-0.25, -0.2) is 4.98 Å². The van der Waals surface area contributed by atoms with Crippen LogP contribution in [0.2, 0.25) is 0 Å². The van der Waals surface area contributed by atoms with E-state index in [0.29, 0.717) is 12.5 Å². The van der Waals surface area contributed by atoms with E-state index in [-0.39, 0.29) is 5.91 Å². The van der Waals surface area contributed by atoms with E-state index in [2.05, 4.69) is 34.7 Å². The van der Waals surface area contributed by atoms with Gasteiger partial charge in [0, 0.05) is 23.4 Å². The molecular weight excluding hydrogens is 292 g/mol. The molecule has 1 fully saturated rings. The average Bonchev–Trinajstić information content (AvgIpc) is 3.17. The van der Waals surface area contributed by atoms with Crippen molar-refractivity contribution >= 4 is 17.2 Å². The lowest BCUT2D eigenvalue weighted by molar-refractivity contribution is -0.121. The first-order valence-electron chi connectivity index (χ1n) is 8.02. The number of nitrogens with one attached hydrogen (secondary N) is 1. The summed E-state index contributed by atoms with van der Waals surface area (Å²) in [6, 6.07) is 8.69. The van der Waals surface area contributed by atoms with Gasteiger partial charge in [-0.15, -0.1) is 11.3 Å². The van der Waals surface area contributed by atoms with Gasteiger partial charge >= 0.3 is 0 Å². The standard InChI is InChI=1S/C18H22N2OS/c1-13-6-2-5-9-16(13)18-20-15(12-22-18)10-11-17(21)19-14-7-3-4-8-14/h2,5-6,9,12,14H,3-4,7-8,10-11H2,1H3,(H,19,21). The molecule has 1 amide bonds. The second-order valence-corrected chi connectivity index (χ2v) is 6.87. The molecule has 0 atom stereocenters. The zero-order valence-electron chi connectivity index (χ0n) is 13.0. The van der Waals surface area contributed by atoms with E-state index in [9.17, 15) is 4.79 Å². The number of benzene rings is 1. The Morgan fingerprint density at radius 1 is 1.32 bits per heavy atom. The highest BCUT2D eigenvalue weighted by Gasteiger charge is 2.17. The van der Waals surface area contributed by atoms with Crippen LogP contribution in [0, 0.1) is 6.92 Å². The fraction of sp³-hybridized carbons (Fsp3) is 0.444. The van der Waals surface area contributed by atoms with Crippen molar-refractivity contribution in [2.45, 2.75) is 51.5 Å². The van der Waals surface area contributed by atoms with Crippen molar-refractivity contribution in [3.8, 4) is 10.6 Å². The first kappa shape index (κ1) is 15.2. The molecular formula is C18H22N2OS. The van der Waals surface area contributed by atoms with Gasteiger partial charge in [0.25, 0.3) is 0 Å². The monoisotopic (exact) mass is 314 g/mol. The minimum absolute atomic E-state index is 0.164. The molecule has 1 heterocycles. The van der Waals surface area contributed by atoms with Crippen molar-refractivity contribution in [3.63, 3.8) is 0 Å². The van der Waals surface area contributed by atoms with Gasteiger partial charge in [0.1, 0.15) is 5.01 Å². The van der Waals surface area contributed by atoms with Crippen molar-refractivity contribution in [2.24, 2.45) is 0 Å². The Morgan fingerprint density at radius 3 is 2.86 bits per heavy atom. The molecule has 1 aromatic carbocycles. The minimum Gasteiger partial charge on any atom is -0.353 e. The fourth-order valence-electron chi connectivity index (χ4n) is 2.97. The topological polar surface area (TPSA) is 42.0 Å². The molecule has 4 heteroatoms. The highest BCUT2D eigenvalue weighted by molar-refractivity contribution is 7.13. The van der Waals surface area contributed by atoms with Crippen molar-refractivity contribution in [2.75, 3.05) is 0 Å². The van der Waals surface area contributed by atoms with Gasteiger partial charge < -0.3 is 5.32 Å². The summed E-state index contributed by atoms with van der Waals surface area (Å²) in [5.41, 5.74) is 3.45. The first-order valence-corrected chi connectivity index (χ1v) is 8.90. The maximum Gasteiger partial charge on any atom is 0.220 e. The van der Waals surface area contributed by atoms with Crippen LogP contribution >= 0.6 is 11.3 Å². The van der Waals surface area contributed by atoms with E-state index in [1.54, 1.807) is 11.3 Å². The predicted molar refractivity (Wildman–Crippen MR) is 91.0 cm³/mol. The van der Waals surface area contributed by atoms with Crippen LogP contribution in [0.3, 0.4) is 0 Å². The van der Waals surface area contributed by atoms with Gasteiger partial charge in [0.15, 0.2) is 0 Å². The summed E-state index contributed by atoms with van der Waals surface area (Å²) in [6.45, 7) is 2.10. The Bertz CT molecular complexity index is 644. The van der Waals surface area contributed by atoms with Crippen molar-refractivity contribution in [1.82, 2.24) is 10.3 Å². The van der Waals surface area contributed by atoms with Gasteiger partial charge in [-0.3, -0.25) is 4.79 Å². The molecule has 1 saturated carbocycles. The van der Waals surface area contributed by atoms with Gasteiger partial charge in [0.2, 0.25) is 5.91 Å². The Labute approximate surface area is 135 Å². The second-order valence-electron chi connectivity index (χ2n) is 6.01. The summed E-state index contributed by atoms with van der Waals surface area (Å²) >= 11 is 1.66. The Balaban J connectivity index is 1.55. The zero-order chi connectivity index (χ0) is 15.4. The number of hydrogen-bond donors (Lipinski definition) is 1. The lowest BCUT2D eigenvalue weighted by atomic mass is 10.1. The molecule has 1 aliphatic rings. The molecule has 1 aromatic heterocycles. The van der Waals surface area contributed by atoms with Gasteiger partial charge in [-0.05, 0) is 31.7 Å². The molecule has 1 N–H and O–H groups in total. The quantitative estimate of drug-likeness (QED) is 0.902. The van der Waals surface area contributed by atoms with Crippen LogP contribution in [-0.4, -0.2) is 16.9 Å². The van der Waals surface area contributed by atoms with Crippen molar-refractivity contribution in [3.05, 3.63) is 40.9 Å². The van der Waals surface area contributed by atoms with Crippen molar-refractivity contribution < 1.29 is 4.79 Å². The molecule has 0 saturated heterocycles. The zero-order valence-corrected chi connectivity index (χ0v) is 13.8. The predicted octanol–water partition coefficient (Wildman–Crippen LogP) is 4.11. The molecule has 1 aliphatic carbocycles. The lowest BCUT2D eigenvalue weighted by Gasteiger charge is -2.11. The first-order chi connectivity index (χ1) is 10.7. The summed E-state index contributed by atoms with van der Waals surface area (Å²) in [5, 5.41) is 6.25. The van der Waals surface area contributed by atoms with E-state index in [1.807, 2.05) is 12.1 Å². The van der Waals surface area contributed by atoms with E-state index in [0.717, 1.165) is 30.0 Å². The normalized spacial score (nSPS) is 15.1. The van der Waals surface area contributed by atoms with Crippen LogP contribution in [-0.2, 0) is 11.2 Å². The number of carbonyl (C=O) groups excluding carboxylic acids is 1. The van der Waals surface area contributed by atoms with Crippen LogP contribution in [0.5, 0.6) is 0 Å². The summed E-state index contributed by atoms with van der Waals surface area (Å²) in [7, 11) is 0. The molecule has 2 aromatic rings. The Morgan fingerprint density at radius 2 is 2.09 bits per heavy atom. The summed E-state index contributed by atoms with van der Waals surface area (Å²) in [5.74, 6) is 0.164. The summed E-state index contributed by atoms with van der Waals surface area (Å²) in [6.07, 6.45) is 6.03. The van der Waals surface area contributed by atoms with E-state index in [4.69, 9.17) is 0 Å². The van der Waals surface area contributed by atoms with Crippen LogP contribution in [0.1, 0.15) is 43.4 Å². The SMILES string of the molecule is Cc1ccccc1-c1nc(CCC(=O)NC2CCCC2)cs1. The van der Waals surface area contributed by atoms with Crippen LogP contribution in [0.15, 0.2) is 29.6 Å². The number of aryl methyl sites for hydroxylation is 2. The minimum atomic E-state index is 0.164. The molecule has 0 bridgehead atoms. The third-order valence-corrected chi connectivity index (χ3v) is 5.18. The number of rotatable bonds is 5. The maximum atomic E-state index is 12.0. The molecule has 22 heavy (non-hydrogen) atoms. The molecule has 0 unspecified atom stereocenters. The van der Waals surface area contributed by atoms with Crippen molar-refractivity contribution in [1.29, 1.82) is 0 Å². The van der Waals surface area contributed by atoms with Gasteiger partial charge in [-0.2, -0.15) is 0 Å². The van der Waals surface area contributed by atoms with E-state index in [1.165, 1.54) is 24.0 Å². The Hall–Kier alpha value is -1.68. The number of hydrogen-bond acceptors (Lipinski definition) is 3. The van der Waals surface area contributed by atoms with Gasteiger partial charge in [-0.1, -0.05) is 37.1 Å². The third-order valence-electron chi connectivity index (χ3n) is 4.26. The number of amides is 1. The summed E-state index contributed by atoms with van der Waals surface area (Å²) < 4.78 is 0. The summed E-state index contributed by atoms with van der Waals surface area (Å²) in [4.78, 5) is 16.7. The number of thiazole rings is 1. The molecule has 3 rings (SSSR count). The highest BCUT2D eigenvalue weighted by atomic mass is 32.1. The van der Waals surface area contributed by atoms with E-state index >= 15 is 0 Å². The van der Waals surface area contributed by atoms with Crippen LogP contribution in [0.4, 0.5) is 0 Å². The Kier molecular flexibility index (Phi) is 4.88.